The summed E-state index contributed by atoms with van der Waals surface area (Å²) < 4.78 is 5.32. The van der Waals surface area contributed by atoms with Crippen LogP contribution in [0.15, 0.2) is 41.0 Å². The molecule has 25 heavy (non-hydrogen) atoms. The number of hydrogen-bond acceptors (Lipinski definition) is 5. The first-order valence-corrected chi connectivity index (χ1v) is 8.33. The molecule has 0 aliphatic carbocycles. The molecule has 7 nitrogen and oxygen atoms in total. The highest BCUT2D eigenvalue weighted by molar-refractivity contribution is 5.85. The van der Waals surface area contributed by atoms with E-state index in [9.17, 15) is 14.7 Å². The maximum absolute atomic E-state index is 12.1. The fourth-order valence-electron chi connectivity index (χ4n) is 2.43. The molecule has 2 rings (SSSR count). The van der Waals surface area contributed by atoms with E-state index in [1.165, 1.54) is 6.26 Å². The van der Waals surface area contributed by atoms with Gasteiger partial charge in [0.15, 0.2) is 0 Å². The van der Waals surface area contributed by atoms with Crippen LogP contribution in [0.1, 0.15) is 26.7 Å². The highest BCUT2D eigenvalue weighted by atomic mass is 16.4. The second kappa shape index (κ2) is 8.86. The SMILES string of the molecule is CCC(CC)C(=O)N[C@@H](CNc1nc(-c2ccccc2)co1)C(=O)O. The lowest BCUT2D eigenvalue weighted by atomic mass is 10.0. The molecule has 3 N–H and O–H groups in total. The van der Waals surface area contributed by atoms with E-state index in [1.54, 1.807) is 0 Å². The molecular weight excluding hydrogens is 322 g/mol. The fourth-order valence-corrected chi connectivity index (χ4v) is 2.43. The van der Waals surface area contributed by atoms with Crippen molar-refractivity contribution in [3.05, 3.63) is 36.6 Å². The van der Waals surface area contributed by atoms with Gasteiger partial charge in [-0.3, -0.25) is 4.79 Å². The number of aromatic nitrogens is 1. The van der Waals surface area contributed by atoms with Crippen LogP contribution < -0.4 is 10.6 Å². The minimum atomic E-state index is -1.11. The van der Waals surface area contributed by atoms with E-state index in [1.807, 2.05) is 44.2 Å². The van der Waals surface area contributed by atoms with Crippen LogP contribution in [0, 0.1) is 5.92 Å². The Bertz CT molecular complexity index is 695. The minimum Gasteiger partial charge on any atom is -0.480 e. The fraction of sp³-hybridized carbons (Fsp3) is 0.389. The Morgan fingerprint density at radius 3 is 2.48 bits per heavy atom. The van der Waals surface area contributed by atoms with Gasteiger partial charge in [0.25, 0.3) is 6.01 Å². The van der Waals surface area contributed by atoms with Gasteiger partial charge in [0.1, 0.15) is 18.0 Å². The number of nitrogens with one attached hydrogen (secondary N) is 2. The summed E-state index contributed by atoms with van der Waals surface area (Å²) in [5, 5.41) is 14.7. The zero-order valence-electron chi connectivity index (χ0n) is 14.4. The first-order chi connectivity index (χ1) is 12.0. The summed E-state index contributed by atoms with van der Waals surface area (Å²) in [4.78, 5) is 27.7. The number of rotatable bonds is 9. The molecule has 0 radical (unpaired) electrons. The van der Waals surface area contributed by atoms with Crippen molar-refractivity contribution < 1.29 is 19.1 Å². The third-order valence-corrected chi connectivity index (χ3v) is 4.00. The maximum atomic E-state index is 12.1. The van der Waals surface area contributed by atoms with Gasteiger partial charge in [0, 0.05) is 11.5 Å². The predicted octanol–water partition coefficient (Wildman–Crippen LogP) is 2.76. The van der Waals surface area contributed by atoms with E-state index in [-0.39, 0.29) is 24.4 Å². The van der Waals surface area contributed by atoms with Crippen molar-refractivity contribution in [2.45, 2.75) is 32.7 Å². The van der Waals surface area contributed by atoms with E-state index in [0.717, 1.165) is 5.56 Å². The molecule has 134 valence electrons. The lowest BCUT2D eigenvalue weighted by molar-refractivity contribution is -0.142. The lowest BCUT2D eigenvalue weighted by Gasteiger charge is -2.18. The Kier molecular flexibility index (Phi) is 6.56. The van der Waals surface area contributed by atoms with Crippen molar-refractivity contribution in [3.63, 3.8) is 0 Å². The normalized spacial score (nSPS) is 12.0. The summed E-state index contributed by atoms with van der Waals surface area (Å²) in [7, 11) is 0. The molecule has 1 aromatic heterocycles. The molecule has 1 atom stereocenters. The largest absolute Gasteiger partial charge is 0.480 e. The van der Waals surface area contributed by atoms with Crippen molar-refractivity contribution in [2.24, 2.45) is 5.92 Å². The van der Waals surface area contributed by atoms with Gasteiger partial charge in [-0.2, -0.15) is 4.98 Å². The third kappa shape index (κ3) is 5.07. The maximum Gasteiger partial charge on any atom is 0.328 e. The van der Waals surface area contributed by atoms with E-state index in [0.29, 0.717) is 18.5 Å². The molecule has 0 aliphatic rings. The summed E-state index contributed by atoms with van der Waals surface area (Å²) in [5.74, 6) is -1.55. The first kappa shape index (κ1) is 18.5. The lowest BCUT2D eigenvalue weighted by Crippen LogP contribution is -2.47. The summed E-state index contributed by atoms with van der Waals surface area (Å²) in [6.45, 7) is 3.79. The molecule has 0 unspecified atom stereocenters. The molecule has 0 bridgehead atoms. The molecule has 1 aromatic carbocycles. The number of nitrogens with zero attached hydrogens (tertiary/aromatic N) is 1. The zero-order chi connectivity index (χ0) is 18.2. The van der Waals surface area contributed by atoms with Crippen LogP contribution in [0.25, 0.3) is 11.3 Å². The van der Waals surface area contributed by atoms with Crippen LogP contribution in [0.3, 0.4) is 0 Å². The number of carbonyl (C=O) groups is 2. The average molecular weight is 345 g/mol. The van der Waals surface area contributed by atoms with Gasteiger partial charge in [-0.1, -0.05) is 44.2 Å². The number of aliphatic carboxylic acids is 1. The van der Waals surface area contributed by atoms with Crippen LogP contribution >= 0.6 is 0 Å². The standard InChI is InChI=1S/C18H23N3O4/c1-3-12(4-2)16(22)20-14(17(23)24)10-19-18-21-15(11-25-18)13-8-6-5-7-9-13/h5-9,11-12,14H,3-4,10H2,1-2H3,(H,19,21)(H,20,22)(H,23,24)/t14-/m0/s1. The predicted molar refractivity (Wildman–Crippen MR) is 94.1 cm³/mol. The van der Waals surface area contributed by atoms with Gasteiger partial charge in [-0.15, -0.1) is 0 Å². The quantitative estimate of drug-likeness (QED) is 0.645. The topological polar surface area (TPSA) is 104 Å². The van der Waals surface area contributed by atoms with E-state index < -0.39 is 12.0 Å². The smallest absolute Gasteiger partial charge is 0.328 e. The number of hydrogen-bond donors (Lipinski definition) is 3. The van der Waals surface area contributed by atoms with Gasteiger partial charge in [0.2, 0.25) is 5.91 Å². The Labute approximate surface area is 146 Å². The molecule has 7 heteroatoms. The van der Waals surface area contributed by atoms with E-state index in [4.69, 9.17) is 4.42 Å². The Morgan fingerprint density at radius 2 is 1.88 bits per heavy atom. The second-order valence-corrected chi connectivity index (χ2v) is 5.70. The van der Waals surface area contributed by atoms with Crippen molar-refractivity contribution in [1.29, 1.82) is 0 Å². The van der Waals surface area contributed by atoms with Gasteiger partial charge in [-0.25, -0.2) is 4.79 Å². The molecule has 0 aliphatic heterocycles. The Hall–Kier alpha value is -2.83. The molecule has 2 aromatic rings. The molecule has 1 amide bonds. The summed E-state index contributed by atoms with van der Waals surface area (Å²) >= 11 is 0. The molecule has 0 fully saturated rings. The number of benzene rings is 1. The van der Waals surface area contributed by atoms with Crippen molar-refractivity contribution in [3.8, 4) is 11.3 Å². The average Bonchev–Trinajstić information content (AvgIpc) is 3.09. The van der Waals surface area contributed by atoms with Gasteiger partial charge < -0.3 is 20.2 Å². The Morgan fingerprint density at radius 1 is 1.20 bits per heavy atom. The number of carboxylic acid groups (broad SMARTS) is 1. The summed E-state index contributed by atoms with van der Waals surface area (Å²) in [6, 6.07) is 8.65. The second-order valence-electron chi connectivity index (χ2n) is 5.70. The van der Waals surface area contributed by atoms with Crippen LogP contribution in [0.2, 0.25) is 0 Å². The first-order valence-electron chi connectivity index (χ1n) is 8.33. The molecule has 0 saturated carbocycles. The number of amides is 1. The van der Waals surface area contributed by atoms with Crippen molar-refractivity contribution in [2.75, 3.05) is 11.9 Å². The van der Waals surface area contributed by atoms with Crippen LogP contribution in [-0.2, 0) is 9.59 Å². The molecule has 0 saturated heterocycles. The number of carboxylic acids is 1. The van der Waals surface area contributed by atoms with Crippen LogP contribution in [-0.4, -0.2) is 34.6 Å². The Balaban J connectivity index is 1.96. The van der Waals surface area contributed by atoms with Gasteiger partial charge >= 0.3 is 5.97 Å². The number of anilines is 1. The minimum absolute atomic E-state index is 0.0179. The van der Waals surface area contributed by atoms with Crippen LogP contribution in [0.4, 0.5) is 6.01 Å². The summed E-state index contributed by atoms with van der Waals surface area (Å²) in [5.41, 5.74) is 1.55. The monoisotopic (exact) mass is 345 g/mol. The van der Waals surface area contributed by atoms with E-state index >= 15 is 0 Å². The van der Waals surface area contributed by atoms with Crippen molar-refractivity contribution >= 4 is 17.9 Å². The third-order valence-electron chi connectivity index (χ3n) is 4.00. The number of oxazole rings is 1. The molecule has 1 heterocycles. The summed E-state index contributed by atoms with van der Waals surface area (Å²) in [6.07, 6.45) is 2.83. The highest BCUT2D eigenvalue weighted by Gasteiger charge is 2.23. The van der Waals surface area contributed by atoms with Gasteiger partial charge in [0.05, 0.1) is 6.54 Å². The molecular formula is C18H23N3O4. The van der Waals surface area contributed by atoms with E-state index in [2.05, 4.69) is 15.6 Å². The number of carbonyl (C=O) groups excluding carboxylic acids is 1. The van der Waals surface area contributed by atoms with Crippen molar-refractivity contribution in [1.82, 2.24) is 10.3 Å². The molecule has 0 spiro atoms. The van der Waals surface area contributed by atoms with Crippen LogP contribution in [0.5, 0.6) is 0 Å². The van der Waals surface area contributed by atoms with Gasteiger partial charge in [-0.05, 0) is 12.8 Å². The highest BCUT2D eigenvalue weighted by Crippen LogP contribution is 2.20. The zero-order valence-corrected chi connectivity index (χ0v) is 14.4.